The number of amides is 2. The number of hydrogen-bond donors (Lipinski definition) is 6. The Balaban J connectivity index is 0.000000441. The molecule has 0 radical (unpaired) electrons. The zero-order chi connectivity index (χ0) is 39.0. The molecule has 52 heavy (non-hydrogen) atoms. The van der Waals surface area contributed by atoms with Crippen LogP contribution in [0.15, 0.2) is 48.5 Å². The number of likely N-dealkylation sites (tertiary alicyclic amines) is 1. The average Bonchev–Trinajstić information content (AvgIpc) is 3.08. The van der Waals surface area contributed by atoms with Gasteiger partial charge in [-0.1, -0.05) is 24.3 Å². The highest BCUT2D eigenvalue weighted by Gasteiger charge is 2.44. The number of halogens is 6. The molecule has 19 heteroatoms. The molecule has 284 valence electrons. The van der Waals surface area contributed by atoms with Crippen molar-refractivity contribution in [2.24, 2.45) is 17.1 Å². The van der Waals surface area contributed by atoms with E-state index >= 15 is 0 Å². The number of piperidine rings is 1. The Bertz CT molecular complexity index is 1610. The van der Waals surface area contributed by atoms with Crippen molar-refractivity contribution in [1.29, 1.82) is 5.41 Å². The zero-order valence-corrected chi connectivity index (χ0v) is 27.5. The quantitative estimate of drug-likeness (QED) is 0.142. The number of nitrogens with zero attached hydrogens (tertiary/aromatic N) is 2. The molecule has 3 aliphatic rings. The number of nitrogens with two attached hydrogens (primary N) is 1. The molecule has 2 heterocycles. The van der Waals surface area contributed by atoms with Crippen LogP contribution in [0.25, 0.3) is 0 Å². The Morgan fingerprint density at radius 2 is 1.29 bits per heavy atom. The van der Waals surface area contributed by atoms with Gasteiger partial charge in [0.25, 0.3) is 5.91 Å². The molecule has 0 bridgehead atoms. The lowest BCUT2D eigenvalue weighted by molar-refractivity contribution is -0.193. The summed E-state index contributed by atoms with van der Waals surface area (Å²) < 4.78 is 63.5. The Labute approximate surface area is 292 Å². The second kappa shape index (κ2) is 16.8. The second-order valence-corrected chi connectivity index (χ2v) is 12.5. The van der Waals surface area contributed by atoms with Crippen molar-refractivity contribution in [1.82, 2.24) is 9.80 Å². The van der Waals surface area contributed by atoms with E-state index in [2.05, 4.69) is 5.32 Å². The number of guanidine groups is 1. The average molecular weight is 746 g/mol. The molecule has 5 rings (SSSR count). The minimum Gasteiger partial charge on any atom is -0.478 e. The summed E-state index contributed by atoms with van der Waals surface area (Å²) in [5, 5.41) is 34.0. The number of fused-ring (bicyclic) bond motifs is 1. The number of alkyl halides is 6. The number of carbonyl (C=O) groups excluding carboxylic acids is 2. The number of aliphatic carboxylic acids is 2. The number of rotatable bonds is 4. The van der Waals surface area contributed by atoms with E-state index in [1.165, 1.54) is 12.1 Å². The van der Waals surface area contributed by atoms with Crippen LogP contribution in [0.4, 0.5) is 32.0 Å². The van der Waals surface area contributed by atoms with E-state index < -0.39 is 36.3 Å². The number of carboxylic acid groups (broad SMARTS) is 3. The maximum absolute atomic E-state index is 13.9. The van der Waals surface area contributed by atoms with Gasteiger partial charge in [0.1, 0.15) is 6.04 Å². The molecular weight excluding hydrogens is 708 g/mol. The van der Waals surface area contributed by atoms with E-state index in [9.17, 15) is 40.7 Å². The van der Waals surface area contributed by atoms with Gasteiger partial charge in [0.15, 0.2) is 5.96 Å². The summed E-state index contributed by atoms with van der Waals surface area (Å²) >= 11 is 0. The molecule has 1 atom stereocenters. The standard InChI is InChI=1S/C29H35N5O4.2C2HF3O2/c30-28(31)33-17-14-29(15-18-33)12-9-20(10-13-29)26(36)34-16-11-19-3-1-2-4-23(19)24(34)25(35)32-22-7-5-21(6-8-22)27(37)38;2*3-2(4,5)1(6)7/h1-8,20,24H,9-18H2,(H3,30,31)(H,32,35)(H,37,38);2*(H,6,7)/t24-;;/m0../s1. The molecule has 2 fully saturated rings. The van der Waals surface area contributed by atoms with E-state index in [0.29, 0.717) is 18.7 Å². The van der Waals surface area contributed by atoms with E-state index in [1.54, 1.807) is 17.0 Å². The summed E-state index contributed by atoms with van der Waals surface area (Å²) in [5.74, 6) is -6.77. The van der Waals surface area contributed by atoms with Crippen molar-refractivity contribution < 1.29 is 65.6 Å². The highest BCUT2D eigenvalue weighted by atomic mass is 19.4. The Hall–Kier alpha value is -5.36. The van der Waals surface area contributed by atoms with Crippen molar-refractivity contribution in [3.05, 3.63) is 65.2 Å². The first-order valence-corrected chi connectivity index (χ1v) is 15.9. The van der Waals surface area contributed by atoms with E-state index in [1.807, 2.05) is 29.2 Å². The maximum Gasteiger partial charge on any atom is 0.490 e. The monoisotopic (exact) mass is 745 g/mol. The van der Waals surface area contributed by atoms with Crippen molar-refractivity contribution in [3.8, 4) is 0 Å². The molecule has 2 aromatic rings. The molecule has 2 amide bonds. The smallest absolute Gasteiger partial charge is 0.478 e. The fourth-order valence-electron chi connectivity index (χ4n) is 6.43. The van der Waals surface area contributed by atoms with Crippen LogP contribution >= 0.6 is 0 Å². The molecule has 0 unspecified atom stereocenters. The first-order valence-electron chi connectivity index (χ1n) is 15.9. The lowest BCUT2D eigenvalue weighted by Gasteiger charge is -2.47. The minimum atomic E-state index is -5.08. The van der Waals surface area contributed by atoms with Gasteiger partial charge in [-0.05, 0) is 85.8 Å². The molecule has 1 saturated heterocycles. The number of aromatic carboxylic acids is 1. The molecular formula is C33H37F6N5O8. The van der Waals surface area contributed by atoms with Gasteiger partial charge in [-0.25, -0.2) is 14.4 Å². The van der Waals surface area contributed by atoms with Gasteiger partial charge in [0.2, 0.25) is 5.91 Å². The van der Waals surface area contributed by atoms with Crippen molar-refractivity contribution in [3.63, 3.8) is 0 Å². The van der Waals surface area contributed by atoms with Gasteiger partial charge < -0.3 is 36.2 Å². The number of benzene rings is 2. The van der Waals surface area contributed by atoms with Crippen LogP contribution in [0.1, 0.15) is 66.1 Å². The predicted octanol–water partition coefficient (Wildman–Crippen LogP) is 4.88. The zero-order valence-electron chi connectivity index (χ0n) is 27.5. The van der Waals surface area contributed by atoms with Gasteiger partial charge in [0.05, 0.1) is 5.56 Å². The largest absolute Gasteiger partial charge is 0.490 e. The topological polar surface area (TPSA) is 214 Å². The van der Waals surface area contributed by atoms with Gasteiger partial charge in [-0.15, -0.1) is 0 Å². The number of carboxylic acids is 3. The van der Waals surface area contributed by atoms with E-state index in [-0.39, 0.29) is 34.7 Å². The molecule has 2 aromatic carbocycles. The summed E-state index contributed by atoms with van der Waals surface area (Å²) in [6.45, 7) is 2.08. The highest BCUT2D eigenvalue weighted by Crippen LogP contribution is 2.47. The Morgan fingerprint density at radius 3 is 1.75 bits per heavy atom. The second-order valence-electron chi connectivity index (χ2n) is 12.5. The van der Waals surface area contributed by atoms with Gasteiger partial charge in [-0.2, -0.15) is 26.3 Å². The molecule has 1 spiro atoms. The van der Waals surface area contributed by atoms with E-state index in [4.69, 9.17) is 36.1 Å². The third kappa shape index (κ3) is 10.8. The van der Waals surface area contributed by atoms with Crippen molar-refractivity contribution in [2.45, 2.75) is 63.3 Å². The Morgan fingerprint density at radius 1 is 0.788 bits per heavy atom. The van der Waals surface area contributed by atoms with Crippen LogP contribution in [0.3, 0.4) is 0 Å². The van der Waals surface area contributed by atoms with Crippen LogP contribution in [0, 0.1) is 16.7 Å². The van der Waals surface area contributed by atoms with Crippen LogP contribution in [0.2, 0.25) is 0 Å². The summed E-state index contributed by atoms with van der Waals surface area (Å²) in [6.07, 6.45) is -3.90. The van der Waals surface area contributed by atoms with Crippen molar-refractivity contribution in [2.75, 3.05) is 25.0 Å². The number of anilines is 1. The molecule has 7 N–H and O–H groups in total. The maximum atomic E-state index is 13.9. The lowest BCUT2D eigenvalue weighted by Crippen LogP contribution is -2.50. The van der Waals surface area contributed by atoms with E-state index in [0.717, 1.165) is 62.7 Å². The minimum absolute atomic E-state index is 0.0388. The third-order valence-corrected chi connectivity index (χ3v) is 9.26. The molecule has 13 nitrogen and oxygen atoms in total. The van der Waals surface area contributed by atoms with Gasteiger partial charge in [-0.3, -0.25) is 15.0 Å². The molecule has 1 saturated carbocycles. The van der Waals surface area contributed by atoms with Crippen molar-refractivity contribution >= 4 is 41.4 Å². The highest BCUT2D eigenvalue weighted by molar-refractivity contribution is 5.99. The summed E-state index contributed by atoms with van der Waals surface area (Å²) in [5.41, 5.74) is 8.44. The van der Waals surface area contributed by atoms with Crippen LogP contribution in [-0.2, 0) is 25.6 Å². The van der Waals surface area contributed by atoms with Crippen LogP contribution in [0.5, 0.6) is 0 Å². The number of nitrogens with one attached hydrogen (secondary N) is 2. The fraction of sp³-hybridized carbons (Fsp3) is 0.455. The number of carbonyl (C=O) groups is 5. The SMILES string of the molecule is N=C(N)N1CCC2(CCC(C(=O)N3CCc4ccccc4[C@H]3C(=O)Nc3ccc(C(=O)O)cc3)CC2)CC1.O=C(O)C(F)(F)F.O=C(O)C(F)(F)F. The van der Waals surface area contributed by atoms with Crippen LogP contribution < -0.4 is 11.1 Å². The van der Waals surface area contributed by atoms with Gasteiger partial charge in [0, 0.05) is 31.2 Å². The first kappa shape index (κ1) is 41.1. The first-order chi connectivity index (χ1) is 24.1. The predicted molar refractivity (Wildman–Crippen MR) is 171 cm³/mol. The van der Waals surface area contributed by atoms with Gasteiger partial charge >= 0.3 is 30.3 Å². The lowest BCUT2D eigenvalue weighted by atomic mass is 9.65. The number of hydrogen-bond acceptors (Lipinski definition) is 6. The normalized spacial score (nSPS) is 18.4. The Kier molecular flexibility index (Phi) is 13.2. The summed E-state index contributed by atoms with van der Waals surface area (Å²) in [4.78, 5) is 60.2. The fourth-order valence-corrected chi connectivity index (χ4v) is 6.43. The molecule has 2 aliphatic heterocycles. The third-order valence-electron chi connectivity index (χ3n) is 9.26. The van der Waals surface area contributed by atoms with Crippen LogP contribution in [-0.4, -0.2) is 92.8 Å². The summed E-state index contributed by atoms with van der Waals surface area (Å²) in [6, 6.07) is 13.1. The molecule has 1 aliphatic carbocycles. The summed E-state index contributed by atoms with van der Waals surface area (Å²) in [7, 11) is 0. The molecule has 0 aromatic heterocycles.